The van der Waals surface area contributed by atoms with E-state index in [1.54, 1.807) is 13.8 Å². The van der Waals surface area contributed by atoms with Crippen molar-refractivity contribution in [3.8, 4) is 0 Å². The first kappa shape index (κ1) is 48.0. The van der Waals surface area contributed by atoms with E-state index in [0.717, 1.165) is 0 Å². The Labute approximate surface area is 330 Å². The number of aliphatic hydroxyl groups is 16. The van der Waals surface area contributed by atoms with E-state index in [1.807, 2.05) is 0 Å². The van der Waals surface area contributed by atoms with Gasteiger partial charge in [-0.25, -0.2) is 0 Å². The molecule has 5 heterocycles. The minimum atomic E-state index is -2.10. The first-order valence-corrected chi connectivity index (χ1v) is 18.9. The van der Waals surface area contributed by atoms with Crippen LogP contribution in [0.2, 0.25) is 0 Å². The van der Waals surface area contributed by atoms with Crippen molar-refractivity contribution < 1.29 is 124 Å². The minimum Gasteiger partial charge on any atom is -0.394 e. The van der Waals surface area contributed by atoms with Crippen molar-refractivity contribution in [2.24, 2.45) is 5.92 Å². The van der Waals surface area contributed by atoms with Crippen molar-refractivity contribution in [3.05, 3.63) is 0 Å². The molecule has 0 aromatic carbocycles. The van der Waals surface area contributed by atoms with Crippen molar-refractivity contribution in [2.75, 3.05) is 33.0 Å². The van der Waals surface area contributed by atoms with Crippen LogP contribution in [0.1, 0.15) is 13.8 Å². The van der Waals surface area contributed by atoms with E-state index in [1.165, 1.54) is 0 Å². The van der Waals surface area contributed by atoms with Crippen molar-refractivity contribution in [3.63, 3.8) is 0 Å². The van der Waals surface area contributed by atoms with Crippen LogP contribution < -0.4 is 0 Å². The Morgan fingerprint density at radius 1 is 0.328 bits per heavy atom. The molecule has 25 heteroatoms. The summed E-state index contributed by atoms with van der Waals surface area (Å²) < 4.78 is 50.3. The van der Waals surface area contributed by atoms with Gasteiger partial charge in [0.15, 0.2) is 25.2 Å². The highest BCUT2D eigenvalue weighted by molar-refractivity contribution is 4.99. The monoisotopic (exact) mass is 854 g/mol. The predicted molar refractivity (Wildman–Crippen MR) is 179 cm³/mol. The van der Waals surface area contributed by atoms with Crippen LogP contribution in [0.5, 0.6) is 0 Å². The van der Waals surface area contributed by atoms with E-state index < -0.39 is 186 Å². The van der Waals surface area contributed by atoms with Gasteiger partial charge in [0, 0.05) is 0 Å². The molecule has 0 spiro atoms. The lowest BCUT2D eigenvalue weighted by molar-refractivity contribution is -0.391. The molecule has 5 aliphatic heterocycles. The third-order valence-corrected chi connectivity index (χ3v) is 11.0. The Morgan fingerprint density at radius 2 is 0.586 bits per heavy atom. The van der Waals surface area contributed by atoms with Crippen LogP contribution >= 0.6 is 0 Å². The predicted octanol–water partition coefficient (Wildman–Crippen LogP) is -10.2. The van der Waals surface area contributed by atoms with Gasteiger partial charge in [0.25, 0.3) is 0 Å². The summed E-state index contributed by atoms with van der Waals surface area (Å²) in [5, 5.41) is 168. The molecule has 58 heavy (non-hydrogen) atoms. The fraction of sp³-hybridized carbons (Fsp3) is 1.00. The summed E-state index contributed by atoms with van der Waals surface area (Å²) in [6.07, 6.45) is -43.3. The molecule has 5 fully saturated rings. The van der Waals surface area contributed by atoms with Gasteiger partial charge in [-0.3, -0.25) is 0 Å². The third-order valence-electron chi connectivity index (χ3n) is 11.0. The highest BCUT2D eigenvalue weighted by Crippen LogP contribution is 2.36. The van der Waals surface area contributed by atoms with E-state index in [9.17, 15) is 81.7 Å². The Bertz CT molecular complexity index is 1250. The lowest BCUT2D eigenvalue weighted by atomic mass is 9.89. The summed E-state index contributed by atoms with van der Waals surface area (Å²) in [6.45, 7) is -0.845. The van der Waals surface area contributed by atoms with Gasteiger partial charge in [0.2, 0.25) is 0 Å². The van der Waals surface area contributed by atoms with Crippen LogP contribution in [-0.4, -0.2) is 268 Å². The van der Waals surface area contributed by atoms with E-state index in [2.05, 4.69) is 0 Å². The summed E-state index contributed by atoms with van der Waals surface area (Å²) in [5.74, 6) is -0.278. The molecule has 5 aliphatic rings. The first-order chi connectivity index (χ1) is 27.4. The average molecular weight is 855 g/mol. The number of aliphatic hydroxyl groups excluding tert-OH is 16. The van der Waals surface area contributed by atoms with Crippen LogP contribution in [-0.2, 0) is 42.6 Å². The standard InChI is InChI=1S/C33H58O25/c1-8(2)25-16(41)17(42)26(10(4-35)50-25)55-31-22(47)19(44)28(12(6-37)52-31)57-33-24(49)20(45)29(13(7-38)54-33)58-32-23(48)18(43)27(11(5-36)53-32)56-30-21(46)15(40)14(39)9(3-34)51-30/h8-49H,3-7H2,1-2H3. The topological polar surface area (TPSA) is 407 Å². The molecule has 0 bridgehead atoms. The molecule has 25 nitrogen and oxygen atoms in total. The lowest BCUT2D eigenvalue weighted by Gasteiger charge is -2.49. The van der Waals surface area contributed by atoms with E-state index in [0.29, 0.717) is 0 Å². The van der Waals surface area contributed by atoms with Gasteiger partial charge in [-0.2, -0.15) is 0 Å². The molecule has 0 aromatic rings. The maximum Gasteiger partial charge on any atom is 0.187 e. The molecule has 0 aliphatic carbocycles. The largest absolute Gasteiger partial charge is 0.394 e. The zero-order valence-electron chi connectivity index (χ0n) is 31.4. The Hall–Kier alpha value is -1.00. The van der Waals surface area contributed by atoms with Gasteiger partial charge in [-0.1, -0.05) is 13.8 Å². The van der Waals surface area contributed by atoms with Gasteiger partial charge in [0.05, 0.1) is 39.1 Å². The SMILES string of the molecule is CC(C)C1OC(CO)C(OC2OC(CO)C(OC3OC(CO)C(OC4OC(CO)C(OC5OC(CO)C(O)C(O)C5O)C(O)C4O)C(O)C3O)C(O)C2O)C(O)C1O. The van der Waals surface area contributed by atoms with Gasteiger partial charge in [-0.15, -0.1) is 0 Å². The van der Waals surface area contributed by atoms with Crippen molar-refractivity contribution >= 4 is 0 Å². The fourth-order valence-corrected chi connectivity index (χ4v) is 7.63. The van der Waals surface area contributed by atoms with Crippen molar-refractivity contribution in [2.45, 2.75) is 167 Å². The zero-order valence-corrected chi connectivity index (χ0v) is 31.4. The van der Waals surface area contributed by atoms with Gasteiger partial charge < -0.3 is 124 Å². The Morgan fingerprint density at radius 3 is 0.879 bits per heavy atom. The lowest BCUT2D eigenvalue weighted by Crippen LogP contribution is -2.68. The number of rotatable bonds is 14. The molecule has 0 amide bonds. The molecule has 25 unspecified atom stereocenters. The highest BCUT2D eigenvalue weighted by Gasteiger charge is 2.56. The summed E-state index contributed by atoms with van der Waals surface area (Å²) >= 11 is 0. The molecule has 5 saturated heterocycles. The van der Waals surface area contributed by atoms with Crippen LogP contribution in [0.4, 0.5) is 0 Å². The molecule has 16 N–H and O–H groups in total. The normalized spacial score (nSPS) is 51.9. The molecule has 340 valence electrons. The van der Waals surface area contributed by atoms with Crippen LogP contribution in [0.25, 0.3) is 0 Å². The minimum absolute atomic E-state index is 0.278. The van der Waals surface area contributed by atoms with E-state index >= 15 is 0 Å². The Kier molecular flexibility index (Phi) is 16.9. The summed E-state index contributed by atoms with van der Waals surface area (Å²) in [7, 11) is 0. The molecule has 0 aromatic heterocycles. The van der Waals surface area contributed by atoms with Gasteiger partial charge >= 0.3 is 0 Å². The highest BCUT2D eigenvalue weighted by atomic mass is 16.8. The number of hydrogen-bond acceptors (Lipinski definition) is 25. The number of hydrogen-bond donors (Lipinski definition) is 16. The summed E-state index contributed by atoms with van der Waals surface area (Å²) in [6, 6.07) is 0. The van der Waals surface area contributed by atoms with Crippen molar-refractivity contribution in [1.29, 1.82) is 0 Å². The van der Waals surface area contributed by atoms with Crippen LogP contribution in [0.3, 0.4) is 0 Å². The van der Waals surface area contributed by atoms with Crippen LogP contribution in [0.15, 0.2) is 0 Å². The van der Waals surface area contributed by atoms with E-state index in [4.69, 9.17) is 42.6 Å². The molecule has 0 saturated carbocycles. The summed E-state index contributed by atoms with van der Waals surface area (Å²) in [4.78, 5) is 0. The second-order valence-electron chi connectivity index (χ2n) is 15.3. The summed E-state index contributed by atoms with van der Waals surface area (Å²) in [5.41, 5.74) is 0. The second-order valence-corrected chi connectivity index (χ2v) is 15.3. The molecular weight excluding hydrogens is 796 g/mol. The van der Waals surface area contributed by atoms with Crippen LogP contribution in [0, 0.1) is 5.92 Å². The molecule has 0 radical (unpaired) electrons. The zero-order chi connectivity index (χ0) is 42.9. The first-order valence-electron chi connectivity index (χ1n) is 18.9. The molecule has 25 atom stereocenters. The van der Waals surface area contributed by atoms with Gasteiger partial charge in [-0.05, 0) is 5.92 Å². The smallest absolute Gasteiger partial charge is 0.187 e. The average Bonchev–Trinajstić information content (AvgIpc) is 3.21. The van der Waals surface area contributed by atoms with Gasteiger partial charge in [0.1, 0.15) is 122 Å². The Balaban J connectivity index is 1.22. The fourth-order valence-electron chi connectivity index (χ4n) is 7.63. The van der Waals surface area contributed by atoms with Crippen molar-refractivity contribution in [1.82, 2.24) is 0 Å². The third kappa shape index (κ3) is 9.64. The molecule has 5 rings (SSSR count). The van der Waals surface area contributed by atoms with E-state index in [-0.39, 0.29) is 5.92 Å². The number of ether oxygens (including phenoxy) is 9. The maximum absolute atomic E-state index is 11.1. The second kappa shape index (κ2) is 20.5. The maximum atomic E-state index is 11.1. The molecular formula is C33H58O25. The quantitative estimate of drug-likeness (QED) is 0.0771.